The van der Waals surface area contributed by atoms with Gasteiger partial charge in [0.05, 0.1) is 13.2 Å². The molecule has 0 aromatic rings. The van der Waals surface area contributed by atoms with Crippen molar-refractivity contribution in [3.63, 3.8) is 0 Å². The lowest BCUT2D eigenvalue weighted by molar-refractivity contribution is 0.103. The van der Waals surface area contributed by atoms with E-state index in [0.29, 0.717) is 6.04 Å². The highest BCUT2D eigenvalue weighted by Gasteiger charge is 2.32. The number of rotatable bonds is 9. The van der Waals surface area contributed by atoms with Crippen LogP contribution < -0.4 is 5.73 Å². The molecule has 1 rings (SSSR count). The van der Waals surface area contributed by atoms with E-state index >= 15 is 0 Å². The van der Waals surface area contributed by atoms with Gasteiger partial charge in [-0.3, -0.25) is 4.90 Å². The van der Waals surface area contributed by atoms with E-state index in [4.69, 9.17) is 10.5 Å². The van der Waals surface area contributed by atoms with Gasteiger partial charge in [0.25, 0.3) is 0 Å². The van der Waals surface area contributed by atoms with Gasteiger partial charge in [-0.05, 0) is 39.0 Å². The van der Waals surface area contributed by atoms with Gasteiger partial charge in [-0.2, -0.15) is 0 Å². The Bertz CT molecular complexity index is 217. The molecule has 0 radical (unpaired) electrons. The molecule has 3 N–H and O–H groups in total. The molecule has 0 aliphatic heterocycles. The molecule has 2 unspecified atom stereocenters. The first kappa shape index (κ1) is 14.9. The lowest BCUT2D eigenvalue weighted by atomic mass is 9.99. The van der Waals surface area contributed by atoms with Crippen molar-refractivity contribution in [3.05, 3.63) is 0 Å². The molecule has 2 atom stereocenters. The summed E-state index contributed by atoms with van der Waals surface area (Å²) in [6.07, 6.45) is 3.53. The molecule has 0 bridgehead atoms. The topological polar surface area (TPSA) is 58.7 Å². The van der Waals surface area contributed by atoms with E-state index in [9.17, 15) is 5.11 Å². The van der Waals surface area contributed by atoms with E-state index in [1.807, 2.05) is 6.92 Å². The number of ether oxygens (including phenoxy) is 1. The van der Waals surface area contributed by atoms with E-state index in [-0.39, 0.29) is 6.61 Å². The molecular weight excluding hydrogens is 216 g/mol. The smallest absolute Gasteiger partial charge is 0.0608 e. The zero-order valence-electron chi connectivity index (χ0n) is 11.5. The van der Waals surface area contributed by atoms with Gasteiger partial charge in [0.1, 0.15) is 0 Å². The first-order valence-corrected chi connectivity index (χ1v) is 6.63. The van der Waals surface area contributed by atoms with Crippen LogP contribution in [-0.2, 0) is 4.74 Å². The minimum Gasteiger partial charge on any atom is -0.394 e. The molecule has 0 spiro atoms. The van der Waals surface area contributed by atoms with Crippen molar-refractivity contribution in [1.29, 1.82) is 0 Å². The van der Waals surface area contributed by atoms with Crippen molar-refractivity contribution in [3.8, 4) is 0 Å². The molecular formula is C13H28N2O2. The van der Waals surface area contributed by atoms with Crippen LogP contribution in [0.2, 0.25) is 0 Å². The van der Waals surface area contributed by atoms with Crippen LogP contribution in [0.5, 0.6) is 0 Å². The highest BCUT2D eigenvalue weighted by atomic mass is 16.5. The molecule has 0 aromatic heterocycles. The minimum atomic E-state index is -0.464. The second kappa shape index (κ2) is 6.69. The molecule has 1 aliphatic rings. The van der Waals surface area contributed by atoms with Crippen LogP contribution >= 0.6 is 0 Å². The van der Waals surface area contributed by atoms with Crippen molar-refractivity contribution in [2.45, 2.75) is 44.7 Å². The largest absolute Gasteiger partial charge is 0.394 e. The molecule has 1 aliphatic carbocycles. The van der Waals surface area contributed by atoms with Crippen LogP contribution in [-0.4, -0.2) is 55.0 Å². The first-order chi connectivity index (χ1) is 8.00. The predicted octanol–water partition coefficient (Wildman–Crippen LogP) is 0.833. The second-order valence-corrected chi connectivity index (χ2v) is 5.67. The molecule has 1 saturated carbocycles. The van der Waals surface area contributed by atoms with Gasteiger partial charge in [-0.1, -0.05) is 0 Å². The summed E-state index contributed by atoms with van der Waals surface area (Å²) in [5.41, 5.74) is 5.51. The molecule has 0 amide bonds. The van der Waals surface area contributed by atoms with Crippen LogP contribution in [0.1, 0.15) is 33.1 Å². The number of aliphatic hydroxyl groups excluding tert-OH is 1. The first-order valence-electron chi connectivity index (χ1n) is 6.63. The highest BCUT2D eigenvalue weighted by molar-refractivity contribution is 4.87. The van der Waals surface area contributed by atoms with E-state index in [0.717, 1.165) is 32.0 Å². The average Bonchev–Trinajstić information content (AvgIpc) is 3.12. The second-order valence-electron chi connectivity index (χ2n) is 5.67. The Morgan fingerprint density at radius 1 is 1.47 bits per heavy atom. The van der Waals surface area contributed by atoms with E-state index < -0.39 is 5.54 Å². The van der Waals surface area contributed by atoms with E-state index in [2.05, 4.69) is 11.8 Å². The van der Waals surface area contributed by atoms with Crippen LogP contribution in [0.15, 0.2) is 0 Å². The van der Waals surface area contributed by atoms with Crippen LogP contribution in [0, 0.1) is 5.92 Å². The minimum absolute atomic E-state index is 0.0446. The summed E-state index contributed by atoms with van der Waals surface area (Å²) < 4.78 is 5.16. The molecule has 1 fully saturated rings. The van der Waals surface area contributed by atoms with Crippen molar-refractivity contribution >= 4 is 0 Å². The van der Waals surface area contributed by atoms with Gasteiger partial charge in [0, 0.05) is 31.8 Å². The zero-order chi connectivity index (χ0) is 12.9. The van der Waals surface area contributed by atoms with Gasteiger partial charge in [0.15, 0.2) is 0 Å². The zero-order valence-corrected chi connectivity index (χ0v) is 11.5. The number of aliphatic hydroxyl groups is 1. The normalized spacial score (nSPS) is 21.5. The fourth-order valence-electron chi connectivity index (χ4n) is 2.08. The Kier molecular flexibility index (Phi) is 5.86. The summed E-state index contributed by atoms with van der Waals surface area (Å²) in [5, 5.41) is 9.17. The van der Waals surface area contributed by atoms with E-state index in [1.54, 1.807) is 7.11 Å². The lowest BCUT2D eigenvalue weighted by Crippen LogP contribution is -2.46. The Labute approximate surface area is 105 Å². The summed E-state index contributed by atoms with van der Waals surface area (Å²) in [4.78, 5) is 2.45. The Balaban J connectivity index is 2.39. The van der Waals surface area contributed by atoms with Gasteiger partial charge in [0.2, 0.25) is 0 Å². The van der Waals surface area contributed by atoms with Gasteiger partial charge >= 0.3 is 0 Å². The van der Waals surface area contributed by atoms with Crippen molar-refractivity contribution in [2.24, 2.45) is 11.7 Å². The van der Waals surface area contributed by atoms with Crippen LogP contribution in [0.25, 0.3) is 0 Å². The van der Waals surface area contributed by atoms with Crippen LogP contribution in [0.4, 0.5) is 0 Å². The molecule has 102 valence electrons. The Morgan fingerprint density at radius 2 is 2.12 bits per heavy atom. The molecule has 0 heterocycles. The standard InChI is InChI=1S/C13H28N2O2/c1-11(12-4-5-12)15(8-9-17-3)7-6-13(2,14)10-16/h11-12,16H,4-10,14H2,1-3H3. The monoisotopic (exact) mass is 244 g/mol. The third-order valence-electron chi connectivity index (χ3n) is 3.79. The summed E-state index contributed by atoms with van der Waals surface area (Å²) in [7, 11) is 1.74. The third kappa shape index (κ3) is 5.34. The molecule has 17 heavy (non-hydrogen) atoms. The van der Waals surface area contributed by atoms with Gasteiger partial charge in [-0.25, -0.2) is 0 Å². The quantitative estimate of drug-likeness (QED) is 0.631. The SMILES string of the molecule is COCCN(CCC(C)(N)CO)C(C)C1CC1. The summed E-state index contributed by atoms with van der Waals surface area (Å²) in [6.45, 7) is 6.90. The lowest BCUT2D eigenvalue weighted by Gasteiger charge is -2.32. The molecule has 4 nitrogen and oxygen atoms in total. The number of nitrogens with two attached hydrogens (primary N) is 1. The number of hydrogen-bond acceptors (Lipinski definition) is 4. The Hall–Kier alpha value is -0.160. The number of hydrogen-bond donors (Lipinski definition) is 2. The maximum Gasteiger partial charge on any atom is 0.0608 e. The van der Waals surface area contributed by atoms with Crippen LogP contribution in [0.3, 0.4) is 0 Å². The molecule has 0 saturated heterocycles. The predicted molar refractivity (Wildman–Crippen MR) is 69.9 cm³/mol. The van der Waals surface area contributed by atoms with E-state index in [1.165, 1.54) is 12.8 Å². The highest BCUT2D eigenvalue weighted by Crippen LogP contribution is 2.35. The van der Waals surface area contributed by atoms with Crippen molar-refractivity contribution in [1.82, 2.24) is 4.90 Å². The maximum absolute atomic E-state index is 9.17. The molecule has 0 aromatic carbocycles. The van der Waals surface area contributed by atoms with Gasteiger partial charge < -0.3 is 15.6 Å². The fraction of sp³-hybridized carbons (Fsp3) is 1.00. The average molecular weight is 244 g/mol. The number of methoxy groups -OCH3 is 1. The Morgan fingerprint density at radius 3 is 2.59 bits per heavy atom. The summed E-state index contributed by atoms with van der Waals surface area (Å²) in [5.74, 6) is 0.852. The summed E-state index contributed by atoms with van der Waals surface area (Å²) >= 11 is 0. The number of nitrogens with zero attached hydrogens (tertiary/aromatic N) is 1. The molecule has 4 heteroatoms. The van der Waals surface area contributed by atoms with Gasteiger partial charge in [-0.15, -0.1) is 0 Å². The third-order valence-corrected chi connectivity index (χ3v) is 3.79. The fourth-order valence-corrected chi connectivity index (χ4v) is 2.08. The van der Waals surface area contributed by atoms with Crippen molar-refractivity contribution in [2.75, 3.05) is 33.4 Å². The maximum atomic E-state index is 9.17. The summed E-state index contributed by atoms with van der Waals surface area (Å²) in [6, 6.07) is 0.611. The van der Waals surface area contributed by atoms with Crippen molar-refractivity contribution < 1.29 is 9.84 Å².